The minimum atomic E-state index is 0.430. The zero-order chi connectivity index (χ0) is 8.55. The van der Waals surface area contributed by atoms with Gasteiger partial charge in [0.05, 0.1) is 0 Å². The third-order valence-electron chi connectivity index (χ3n) is 3.64. The Kier molecular flexibility index (Phi) is 2.37. The van der Waals surface area contributed by atoms with Gasteiger partial charge >= 0.3 is 0 Å². The fraction of sp³-hybridized carbons (Fsp3) is 1.00. The van der Waals surface area contributed by atoms with Gasteiger partial charge in [-0.3, -0.25) is 4.90 Å². The SMILES string of the molecule is CC1C(N)CCCN1C1CCC1. The van der Waals surface area contributed by atoms with Crippen molar-refractivity contribution in [2.45, 2.75) is 57.2 Å². The Hall–Kier alpha value is -0.0800. The van der Waals surface area contributed by atoms with Crippen LogP contribution < -0.4 is 5.73 Å². The fourth-order valence-electron chi connectivity index (χ4n) is 2.43. The van der Waals surface area contributed by atoms with Crippen molar-refractivity contribution < 1.29 is 0 Å². The van der Waals surface area contributed by atoms with E-state index < -0.39 is 0 Å². The first-order valence-electron chi connectivity index (χ1n) is 5.30. The molecule has 0 spiro atoms. The molecule has 0 aromatic heterocycles. The van der Waals surface area contributed by atoms with Crippen LogP contribution in [0.15, 0.2) is 0 Å². The molecule has 2 aliphatic rings. The van der Waals surface area contributed by atoms with Gasteiger partial charge in [0.1, 0.15) is 0 Å². The molecular weight excluding hydrogens is 148 g/mol. The molecule has 0 aromatic rings. The highest BCUT2D eigenvalue weighted by atomic mass is 15.2. The molecule has 2 N–H and O–H groups in total. The summed E-state index contributed by atoms with van der Waals surface area (Å²) in [5.74, 6) is 0. The number of nitrogens with zero attached hydrogens (tertiary/aromatic N) is 1. The average molecular weight is 168 g/mol. The predicted octanol–water partition coefficient (Wildman–Crippen LogP) is 1.35. The molecule has 2 atom stereocenters. The van der Waals surface area contributed by atoms with Crippen molar-refractivity contribution in [3.8, 4) is 0 Å². The summed E-state index contributed by atoms with van der Waals surface area (Å²) in [4.78, 5) is 2.64. The maximum absolute atomic E-state index is 6.04. The third-order valence-corrected chi connectivity index (χ3v) is 3.64. The molecule has 1 aliphatic heterocycles. The number of piperidine rings is 1. The van der Waals surface area contributed by atoms with Crippen LogP contribution >= 0.6 is 0 Å². The Bertz CT molecular complexity index is 154. The van der Waals surface area contributed by atoms with E-state index in [2.05, 4.69) is 11.8 Å². The van der Waals surface area contributed by atoms with E-state index in [0.29, 0.717) is 12.1 Å². The lowest BCUT2D eigenvalue weighted by atomic mass is 9.87. The second kappa shape index (κ2) is 3.35. The van der Waals surface area contributed by atoms with Crippen LogP contribution in [0.5, 0.6) is 0 Å². The van der Waals surface area contributed by atoms with Gasteiger partial charge in [-0.1, -0.05) is 6.42 Å². The molecule has 2 nitrogen and oxygen atoms in total. The molecule has 70 valence electrons. The number of rotatable bonds is 1. The fourth-order valence-corrected chi connectivity index (χ4v) is 2.43. The number of hydrogen-bond donors (Lipinski definition) is 1. The van der Waals surface area contributed by atoms with E-state index in [9.17, 15) is 0 Å². The van der Waals surface area contributed by atoms with E-state index in [0.717, 1.165) is 6.04 Å². The van der Waals surface area contributed by atoms with E-state index in [1.54, 1.807) is 0 Å². The summed E-state index contributed by atoms with van der Waals surface area (Å²) in [6.45, 7) is 3.58. The highest BCUT2D eigenvalue weighted by Gasteiger charge is 2.33. The van der Waals surface area contributed by atoms with Crippen LogP contribution in [0.25, 0.3) is 0 Å². The first-order valence-corrected chi connectivity index (χ1v) is 5.30. The first-order chi connectivity index (χ1) is 5.79. The van der Waals surface area contributed by atoms with Crippen LogP contribution in [0.2, 0.25) is 0 Å². The van der Waals surface area contributed by atoms with E-state index in [-0.39, 0.29) is 0 Å². The Morgan fingerprint density at radius 3 is 2.50 bits per heavy atom. The number of hydrogen-bond acceptors (Lipinski definition) is 2. The summed E-state index contributed by atoms with van der Waals surface area (Å²) in [5, 5.41) is 0. The van der Waals surface area contributed by atoms with Crippen molar-refractivity contribution >= 4 is 0 Å². The second-order valence-corrected chi connectivity index (χ2v) is 4.37. The first kappa shape index (κ1) is 8.52. The maximum atomic E-state index is 6.04. The van der Waals surface area contributed by atoms with Crippen LogP contribution in [-0.4, -0.2) is 29.6 Å². The molecule has 0 amide bonds. The van der Waals surface area contributed by atoms with Crippen molar-refractivity contribution in [3.63, 3.8) is 0 Å². The van der Waals surface area contributed by atoms with E-state index in [1.807, 2.05) is 0 Å². The van der Waals surface area contributed by atoms with Gasteiger partial charge < -0.3 is 5.73 Å². The van der Waals surface area contributed by atoms with Crippen molar-refractivity contribution in [1.29, 1.82) is 0 Å². The molecule has 1 heterocycles. The molecule has 1 saturated carbocycles. The molecule has 2 rings (SSSR count). The molecule has 2 unspecified atom stereocenters. The Morgan fingerprint density at radius 1 is 1.17 bits per heavy atom. The summed E-state index contributed by atoms with van der Waals surface area (Å²) in [7, 11) is 0. The molecule has 0 aromatic carbocycles. The van der Waals surface area contributed by atoms with Gasteiger partial charge in [-0.25, -0.2) is 0 Å². The highest BCUT2D eigenvalue weighted by Crippen LogP contribution is 2.29. The smallest absolute Gasteiger partial charge is 0.0221 e. The van der Waals surface area contributed by atoms with Gasteiger partial charge in [0, 0.05) is 18.1 Å². The zero-order valence-electron chi connectivity index (χ0n) is 8.00. The zero-order valence-corrected chi connectivity index (χ0v) is 8.00. The van der Waals surface area contributed by atoms with Gasteiger partial charge in [-0.05, 0) is 39.2 Å². The van der Waals surface area contributed by atoms with Crippen LogP contribution in [0.4, 0.5) is 0 Å². The van der Waals surface area contributed by atoms with Crippen LogP contribution in [-0.2, 0) is 0 Å². The van der Waals surface area contributed by atoms with Crippen molar-refractivity contribution in [3.05, 3.63) is 0 Å². The Labute approximate surface area is 75.1 Å². The van der Waals surface area contributed by atoms with Crippen LogP contribution in [0.3, 0.4) is 0 Å². The molecule has 0 bridgehead atoms. The predicted molar refractivity (Wildman–Crippen MR) is 51.0 cm³/mol. The summed E-state index contributed by atoms with van der Waals surface area (Å²) in [6, 6.07) is 1.94. The minimum absolute atomic E-state index is 0.430. The number of nitrogens with two attached hydrogens (primary N) is 1. The normalized spacial score (nSPS) is 39.5. The second-order valence-electron chi connectivity index (χ2n) is 4.37. The molecule has 12 heavy (non-hydrogen) atoms. The van der Waals surface area contributed by atoms with Gasteiger partial charge in [0.15, 0.2) is 0 Å². The molecule has 1 aliphatic carbocycles. The van der Waals surface area contributed by atoms with Crippen LogP contribution in [0.1, 0.15) is 39.0 Å². The van der Waals surface area contributed by atoms with Crippen molar-refractivity contribution in [1.82, 2.24) is 4.90 Å². The lowest BCUT2D eigenvalue weighted by Gasteiger charge is -2.46. The summed E-state index contributed by atoms with van der Waals surface area (Å²) in [6.07, 6.45) is 6.80. The van der Waals surface area contributed by atoms with Crippen molar-refractivity contribution in [2.75, 3.05) is 6.54 Å². The van der Waals surface area contributed by atoms with Gasteiger partial charge in [-0.15, -0.1) is 0 Å². The lowest BCUT2D eigenvalue weighted by Crippen LogP contribution is -2.55. The highest BCUT2D eigenvalue weighted by molar-refractivity contribution is 4.90. The Balaban J connectivity index is 1.93. The van der Waals surface area contributed by atoms with Gasteiger partial charge in [0.2, 0.25) is 0 Å². The molecule has 1 saturated heterocycles. The summed E-state index contributed by atoms with van der Waals surface area (Å²) >= 11 is 0. The Morgan fingerprint density at radius 2 is 1.92 bits per heavy atom. The summed E-state index contributed by atoms with van der Waals surface area (Å²) in [5.41, 5.74) is 6.04. The summed E-state index contributed by atoms with van der Waals surface area (Å²) < 4.78 is 0. The number of likely N-dealkylation sites (tertiary alicyclic amines) is 1. The third kappa shape index (κ3) is 1.38. The lowest BCUT2D eigenvalue weighted by molar-refractivity contribution is 0.0492. The molecular formula is C10H20N2. The van der Waals surface area contributed by atoms with E-state index >= 15 is 0 Å². The van der Waals surface area contributed by atoms with Crippen LogP contribution in [0, 0.1) is 0 Å². The van der Waals surface area contributed by atoms with E-state index in [1.165, 1.54) is 38.6 Å². The van der Waals surface area contributed by atoms with Gasteiger partial charge in [0.25, 0.3) is 0 Å². The van der Waals surface area contributed by atoms with E-state index in [4.69, 9.17) is 5.73 Å². The minimum Gasteiger partial charge on any atom is -0.326 e. The largest absolute Gasteiger partial charge is 0.326 e. The quantitative estimate of drug-likeness (QED) is 0.640. The standard InChI is InChI=1S/C10H20N2/c1-8-10(11)6-3-7-12(8)9-4-2-5-9/h8-10H,2-7,11H2,1H3. The van der Waals surface area contributed by atoms with Gasteiger partial charge in [-0.2, -0.15) is 0 Å². The van der Waals surface area contributed by atoms with Crippen molar-refractivity contribution in [2.24, 2.45) is 5.73 Å². The molecule has 0 radical (unpaired) electrons. The monoisotopic (exact) mass is 168 g/mol. The maximum Gasteiger partial charge on any atom is 0.0221 e. The topological polar surface area (TPSA) is 29.3 Å². The molecule has 2 fully saturated rings. The average Bonchev–Trinajstić information content (AvgIpc) is 1.95. The molecule has 2 heteroatoms.